The van der Waals surface area contributed by atoms with Crippen molar-refractivity contribution in [2.45, 2.75) is 31.7 Å². The number of carbonyl (C=O) groups is 2. The molecule has 0 saturated carbocycles. The highest BCUT2D eigenvalue weighted by atomic mass is 16.9. The predicted molar refractivity (Wildman–Crippen MR) is 128 cm³/mol. The van der Waals surface area contributed by atoms with Gasteiger partial charge in [0.25, 0.3) is 5.09 Å². The summed E-state index contributed by atoms with van der Waals surface area (Å²) in [7, 11) is 0. The number of hydrogen-bond donors (Lipinski definition) is 0. The van der Waals surface area contributed by atoms with E-state index in [0.29, 0.717) is 37.3 Å². The number of ether oxygens (including phenoxy) is 1. The van der Waals surface area contributed by atoms with Gasteiger partial charge in [0.1, 0.15) is 0 Å². The van der Waals surface area contributed by atoms with Gasteiger partial charge in [-0.05, 0) is 31.4 Å². The molecule has 0 radical (unpaired) electrons. The summed E-state index contributed by atoms with van der Waals surface area (Å²) in [4.78, 5) is 44.7. The van der Waals surface area contributed by atoms with Crippen molar-refractivity contribution < 1.29 is 24.3 Å². The van der Waals surface area contributed by atoms with Crippen molar-refractivity contribution in [1.29, 1.82) is 0 Å². The average Bonchev–Trinajstić information content (AvgIpc) is 3.48. The SMILES string of the molecule is O=C(c1ccccc1)c1ccc2n1CCC2C(=O)OCCCN1CCN(CCCO[N+](=O)[O-])CC1. The average molecular weight is 485 g/mol. The van der Waals surface area contributed by atoms with Crippen LogP contribution >= 0.6 is 0 Å². The Morgan fingerprint density at radius 3 is 2.23 bits per heavy atom. The molecule has 35 heavy (non-hydrogen) atoms. The first-order valence-electron chi connectivity index (χ1n) is 12.2. The molecule has 0 amide bonds. The minimum atomic E-state index is -0.751. The smallest absolute Gasteiger partial charge is 0.315 e. The molecule has 188 valence electrons. The van der Waals surface area contributed by atoms with Crippen LogP contribution in [0.5, 0.6) is 0 Å². The van der Waals surface area contributed by atoms with E-state index >= 15 is 0 Å². The van der Waals surface area contributed by atoms with Crippen LogP contribution in [0.25, 0.3) is 0 Å². The van der Waals surface area contributed by atoms with Gasteiger partial charge in [-0.2, -0.15) is 0 Å². The molecule has 10 nitrogen and oxygen atoms in total. The molecule has 0 aliphatic carbocycles. The minimum Gasteiger partial charge on any atom is -0.465 e. The van der Waals surface area contributed by atoms with Crippen LogP contribution in [0.15, 0.2) is 42.5 Å². The summed E-state index contributed by atoms with van der Waals surface area (Å²) in [6, 6.07) is 12.9. The highest BCUT2D eigenvalue weighted by Gasteiger charge is 2.33. The molecule has 1 fully saturated rings. The molecule has 4 rings (SSSR count). The van der Waals surface area contributed by atoms with Crippen LogP contribution < -0.4 is 0 Å². The molecule has 10 heteroatoms. The topological polar surface area (TPSA) is 107 Å². The van der Waals surface area contributed by atoms with E-state index in [4.69, 9.17) is 4.74 Å². The van der Waals surface area contributed by atoms with Crippen molar-refractivity contribution >= 4 is 11.8 Å². The zero-order valence-electron chi connectivity index (χ0n) is 19.8. The van der Waals surface area contributed by atoms with Gasteiger partial charge in [0, 0.05) is 57.1 Å². The van der Waals surface area contributed by atoms with Crippen LogP contribution in [-0.2, 0) is 20.9 Å². The third kappa shape index (κ3) is 6.46. The lowest BCUT2D eigenvalue weighted by atomic mass is 10.1. The molecule has 2 aromatic rings. The van der Waals surface area contributed by atoms with Crippen LogP contribution in [0.4, 0.5) is 0 Å². The Kier molecular flexibility index (Phi) is 8.49. The summed E-state index contributed by atoms with van der Waals surface area (Å²) < 4.78 is 7.54. The maximum atomic E-state index is 12.8. The number of ketones is 1. The van der Waals surface area contributed by atoms with Crippen molar-refractivity contribution in [1.82, 2.24) is 14.4 Å². The maximum absolute atomic E-state index is 12.8. The van der Waals surface area contributed by atoms with E-state index in [-0.39, 0.29) is 24.3 Å². The number of esters is 1. The van der Waals surface area contributed by atoms with E-state index in [9.17, 15) is 19.7 Å². The summed E-state index contributed by atoms with van der Waals surface area (Å²) >= 11 is 0. The number of piperazine rings is 1. The molecule has 0 bridgehead atoms. The number of hydrogen-bond acceptors (Lipinski definition) is 8. The number of carbonyl (C=O) groups excluding carboxylic acids is 2. The number of aromatic nitrogens is 1. The van der Waals surface area contributed by atoms with Gasteiger partial charge >= 0.3 is 5.97 Å². The van der Waals surface area contributed by atoms with E-state index in [1.54, 1.807) is 18.2 Å². The highest BCUT2D eigenvalue weighted by Crippen LogP contribution is 2.32. The fraction of sp³-hybridized carbons (Fsp3) is 0.520. The number of rotatable bonds is 12. The van der Waals surface area contributed by atoms with Crippen molar-refractivity contribution in [3.05, 3.63) is 69.5 Å². The van der Waals surface area contributed by atoms with E-state index in [1.807, 2.05) is 28.8 Å². The Balaban J connectivity index is 1.15. The van der Waals surface area contributed by atoms with Gasteiger partial charge in [-0.25, -0.2) is 0 Å². The molecule has 1 atom stereocenters. The fourth-order valence-electron chi connectivity index (χ4n) is 4.84. The standard InChI is InChI=1S/C25H32N4O6/c30-24(20-6-2-1-3-7-20)23-9-8-22-21(10-13-28(22)23)25(31)34-18-4-11-26-14-16-27(17-15-26)12-5-19-35-29(32)33/h1-3,6-9,21H,4-5,10-19H2. The molecule has 1 aromatic carbocycles. The lowest BCUT2D eigenvalue weighted by molar-refractivity contribution is -0.757. The van der Waals surface area contributed by atoms with Crippen LogP contribution in [0, 0.1) is 10.1 Å². The summed E-state index contributed by atoms with van der Waals surface area (Å²) in [5, 5.41) is 9.43. The van der Waals surface area contributed by atoms with Gasteiger partial charge < -0.3 is 23.9 Å². The van der Waals surface area contributed by atoms with E-state index in [1.165, 1.54) is 0 Å². The van der Waals surface area contributed by atoms with Crippen LogP contribution in [-0.4, -0.2) is 83.7 Å². The van der Waals surface area contributed by atoms with Crippen LogP contribution in [0.2, 0.25) is 0 Å². The molecular formula is C25H32N4O6. The molecule has 0 spiro atoms. The second-order valence-electron chi connectivity index (χ2n) is 8.95. The monoisotopic (exact) mass is 484 g/mol. The number of nitrogens with zero attached hydrogens (tertiary/aromatic N) is 4. The largest absolute Gasteiger partial charge is 0.465 e. The molecule has 1 unspecified atom stereocenters. The maximum Gasteiger partial charge on any atom is 0.315 e. The second kappa shape index (κ2) is 11.9. The Hall–Kier alpha value is -3.24. The molecule has 2 aliphatic rings. The van der Waals surface area contributed by atoms with E-state index < -0.39 is 5.09 Å². The second-order valence-corrected chi connectivity index (χ2v) is 8.95. The van der Waals surface area contributed by atoms with Gasteiger partial charge in [0.2, 0.25) is 5.78 Å². The molecule has 3 heterocycles. The first kappa shape index (κ1) is 24.9. The summed E-state index contributed by atoms with van der Waals surface area (Å²) in [5.41, 5.74) is 2.11. The van der Waals surface area contributed by atoms with Gasteiger partial charge in [-0.15, -0.1) is 10.1 Å². The lowest BCUT2D eigenvalue weighted by Crippen LogP contribution is -2.47. The first-order chi connectivity index (χ1) is 17.0. The Morgan fingerprint density at radius 2 is 1.57 bits per heavy atom. The Labute approximate surface area is 204 Å². The molecule has 1 saturated heterocycles. The summed E-state index contributed by atoms with van der Waals surface area (Å²) in [5.74, 6) is -0.576. The van der Waals surface area contributed by atoms with Crippen LogP contribution in [0.1, 0.15) is 46.9 Å². The van der Waals surface area contributed by atoms with Gasteiger partial charge in [0.15, 0.2) is 0 Å². The van der Waals surface area contributed by atoms with Gasteiger partial charge in [-0.1, -0.05) is 30.3 Å². The summed E-state index contributed by atoms with van der Waals surface area (Å²) in [6.07, 6.45) is 2.07. The fourth-order valence-corrected chi connectivity index (χ4v) is 4.84. The van der Waals surface area contributed by atoms with E-state index in [0.717, 1.165) is 51.4 Å². The van der Waals surface area contributed by atoms with Crippen molar-refractivity contribution in [3.63, 3.8) is 0 Å². The van der Waals surface area contributed by atoms with E-state index in [2.05, 4.69) is 14.6 Å². The number of benzene rings is 1. The Bertz CT molecular complexity index is 1020. The molecule has 1 aromatic heterocycles. The lowest BCUT2D eigenvalue weighted by Gasteiger charge is -2.34. The van der Waals surface area contributed by atoms with Crippen LogP contribution in [0.3, 0.4) is 0 Å². The van der Waals surface area contributed by atoms with Crippen molar-refractivity contribution in [2.75, 3.05) is 52.5 Å². The first-order valence-corrected chi connectivity index (χ1v) is 12.2. The van der Waals surface area contributed by atoms with Gasteiger partial charge in [-0.3, -0.25) is 9.59 Å². The zero-order valence-corrected chi connectivity index (χ0v) is 19.8. The highest BCUT2D eigenvalue weighted by molar-refractivity contribution is 6.08. The predicted octanol–water partition coefficient (Wildman–Crippen LogP) is 2.36. The minimum absolute atomic E-state index is 0.0316. The molecular weight excluding hydrogens is 452 g/mol. The third-order valence-corrected chi connectivity index (χ3v) is 6.71. The number of fused-ring (bicyclic) bond motifs is 1. The Morgan fingerprint density at radius 1 is 0.914 bits per heavy atom. The summed E-state index contributed by atoms with van der Waals surface area (Å²) in [6.45, 7) is 6.50. The zero-order chi connectivity index (χ0) is 24.6. The van der Waals surface area contributed by atoms with Crippen molar-refractivity contribution in [3.8, 4) is 0 Å². The molecule has 2 aliphatic heterocycles. The normalized spacial score (nSPS) is 18.2. The van der Waals surface area contributed by atoms with Crippen molar-refractivity contribution in [2.24, 2.45) is 0 Å². The quantitative estimate of drug-likeness (QED) is 0.149. The molecule has 0 N–H and O–H groups in total. The van der Waals surface area contributed by atoms with Gasteiger partial charge in [0.05, 0.1) is 24.8 Å². The third-order valence-electron chi connectivity index (χ3n) is 6.71.